The van der Waals surface area contributed by atoms with Crippen molar-refractivity contribution in [2.45, 2.75) is 95.6 Å². The summed E-state index contributed by atoms with van der Waals surface area (Å²) < 4.78 is 5.22. The summed E-state index contributed by atoms with van der Waals surface area (Å²) in [6.45, 7) is 8.23. The predicted molar refractivity (Wildman–Crippen MR) is 145 cm³/mol. The van der Waals surface area contributed by atoms with E-state index in [1.165, 1.54) is 24.5 Å². The molecule has 1 aromatic heterocycles. The Hall–Kier alpha value is -2.12. The zero-order valence-electron chi connectivity index (χ0n) is 23.0. The second kappa shape index (κ2) is 9.51. The third-order valence-electron chi connectivity index (χ3n) is 11.9. The van der Waals surface area contributed by atoms with E-state index in [0.717, 1.165) is 76.6 Å². The van der Waals surface area contributed by atoms with Crippen LogP contribution in [0.15, 0.2) is 39.3 Å². The highest BCUT2D eigenvalue weighted by molar-refractivity contribution is 5.66. The molecule has 0 bridgehead atoms. The number of rotatable bonds is 5. The van der Waals surface area contributed by atoms with Crippen LogP contribution in [0.3, 0.4) is 0 Å². The van der Waals surface area contributed by atoms with E-state index in [9.17, 15) is 19.8 Å². The Bertz CT molecular complexity index is 1140. The fourth-order valence-electron chi connectivity index (χ4n) is 9.69. The molecule has 4 fully saturated rings. The van der Waals surface area contributed by atoms with Crippen molar-refractivity contribution < 1.29 is 19.4 Å². The fourth-order valence-corrected chi connectivity index (χ4v) is 9.69. The SMILES string of the molecule is C[C@]12CC[C@H](N(CCN3CCCC3)C(=O)O)C=C1CC[C@@H]1[C@@H]2CC[C@]2(C)[C@@H](c3ccc(=O)oc3)CC[C@]12O. The van der Waals surface area contributed by atoms with Gasteiger partial charge in [0.15, 0.2) is 0 Å². The maximum Gasteiger partial charge on any atom is 0.407 e. The van der Waals surface area contributed by atoms with Gasteiger partial charge in [-0.3, -0.25) is 0 Å². The van der Waals surface area contributed by atoms with Gasteiger partial charge in [-0.1, -0.05) is 25.5 Å². The summed E-state index contributed by atoms with van der Waals surface area (Å²) in [6.07, 6.45) is 13.0. The molecule has 7 atom stereocenters. The number of hydrogen-bond acceptors (Lipinski definition) is 5. The lowest BCUT2D eigenvalue weighted by Crippen LogP contribution is -2.60. The second-order valence-corrected chi connectivity index (χ2v) is 13.4. The highest BCUT2D eigenvalue weighted by Gasteiger charge is 2.66. The maximum absolute atomic E-state index is 12.4. The van der Waals surface area contributed by atoms with Crippen LogP contribution in [-0.2, 0) is 0 Å². The third kappa shape index (κ3) is 3.98. The highest BCUT2D eigenvalue weighted by Crippen LogP contribution is 2.70. The first kappa shape index (κ1) is 26.1. The number of hydrogen-bond donors (Lipinski definition) is 2. The predicted octanol–water partition coefficient (Wildman–Crippen LogP) is 5.25. The Balaban J connectivity index is 1.22. The van der Waals surface area contributed by atoms with Crippen LogP contribution >= 0.6 is 0 Å². The van der Waals surface area contributed by atoms with Gasteiger partial charge >= 0.3 is 11.7 Å². The summed E-state index contributed by atoms with van der Waals surface area (Å²) in [7, 11) is 0. The Morgan fingerprint density at radius 1 is 1.08 bits per heavy atom. The molecule has 2 heterocycles. The van der Waals surface area contributed by atoms with Gasteiger partial charge in [0, 0.05) is 24.6 Å². The van der Waals surface area contributed by atoms with Crippen LogP contribution in [0.25, 0.3) is 0 Å². The van der Waals surface area contributed by atoms with Crippen LogP contribution < -0.4 is 5.63 Å². The molecule has 1 saturated heterocycles. The zero-order valence-corrected chi connectivity index (χ0v) is 23.0. The zero-order chi connectivity index (χ0) is 26.7. The van der Waals surface area contributed by atoms with Crippen LogP contribution in [0.2, 0.25) is 0 Å². The molecule has 208 valence electrons. The van der Waals surface area contributed by atoms with E-state index in [1.807, 2.05) is 6.07 Å². The van der Waals surface area contributed by atoms with Gasteiger partial charge in [0.25, 0.3) is 0 Å². The highest BCUT2D eigenvalue weighted by atomic mass is 16.4. The lowest BCUT2D eigenvalue weighted by atomic mass is 9.45. The standard InChI is InChI=1S/C31H44N2O5/c1-29-12-9-23(33(28(35)36)18-17-32-15-3-4-16-32)19-22(29)6-7-26-25(29)10-13-30(2)24(11-14-31(26,30)37)21-5-8-27(34)38-20-21/h5,8,19-20,23-26,37H,3-4,6-7,9-18H2,1-2H3,(H,35,36)/t23-,24+,25-,26+,29-,30+,31-/m0/s1. The number of amides is 1. The van der Waals surface area contributed by atoms with Crippen LogP contribution in [0.4, 0.5) is 4.79 Å². The van der Waals surface area contributed by atoms with E-state index in [0.29, 0.717) is 12.5 Å². The lowest BCUT2D eigenvalue weighted by Gasteiger charge is -2.62. The number of carbonyl (C=O) groups is 1. The first-order valence-corrected chi connectivity index (χ1v) is 14.9. The second-order valence-electron chi connectivity index (χ2n) is 13.4. The number of carboxylic acid groups (broad SMARTS) is 1. The maximum atomic E-state index is 12.4. The Kier molecular flexibility index (Phi) is 6.54. The van der Waals surface area contributed by atoms with E-state index >= 15 is 0 Å². The van der Waals surface area contributed by atoms with E-state index < -0.39 is 11.7 Å². The molecule has 4 aliphatic carbocycles. The van der Waals surface area contributed by atoms with Crippen molar-refractivity contribution in [3.05, 3.63) is 46.0 Å². The van der Waals surface area contributed by atoms with E-state index in [2.05, 4.69) is 24.8 Å². The fraction of sp³-hybridized carbons (Fsp3) is 0.742. The largest absolute Gasteiger partial charge is 0.465 e. The summed E-state index contributed by atoms with van der Waals surface area (Å²) in [5.74, 6) is 0.848. The molecule has 2 N–H and O–H groups in total. The smallest absolute Gasteiger partial charge is 0.407 e. The molecule has 0 unspecified atom stereocenters. The van der Waals surface area contributed by atoms with Crippen molar-refractivity contribution in [3.8, 4) is 0 Å². The first-order valence-electron chi connectivity index (χ1n) is 14.9. The van der Waals surface area contributed by atoms with Crippen LogP contribution in [0, 0.1) is 22.7 Å². The molecule has 7 heteroatoms. The van der Waals surface area contributed by atoms with Gasteiger partial charge in [-0.2, -0.15) is 0 Å². The van der Waals surface area contributed by atoms with E-state index in [4.69, 9.17) is 4.42 Å². The molecular formula is C31H44N2O5. The van der Waals surface area contributed by atoms with Gasteiger partial charge in [-0.05, 0) is 112 Å². The molecule has 0 spiro atoms. The Morgan fingerprint density at radius 3 is 2.58 bits per heavy atom. The van der Waals surface area contributed by atoms with Gasteiger partial charge < -0.3 is 24.4 Å². The molecule has 0 radical (unpaired) electrons. The molecule has 38 heavy (non-hydrogen) atoms. The van der Waals surface area contributed by atoms with E-state index in [1.54, 1.807) is 11.2 Å². The molecule has 7 nitrogen and oxygen atoms in total. The van der Waals surface area contributed by atoms with Crippen LogP contribution in [0.5, 0.6) is 0 Å². The first-order chi connectivity index (χ1) is 18.2. The van der Waals surface area contributed by atoms with Crippen LogP contribution in [-0.4, -0.2) is 63.9 Å². The minimum atomic E-state index is -0.806. The summed E-state index contributed by atoms with van der Waals surface area (Å²) in [5.41, 5.74) is 1.18. The summed E-state index contributed by atoms with van der Waals surface area (Å²) in [5, 5.41) is 22.5. The summed E-state index contributed by atoms with van der Waals surface area (Å²) in [6, 6.07) is 3.35. The average molecular weight is 525 g/mol. The molecule has 5 aliphatic rings. The van der Waals surface area contributed by atoms with Gasteiger partial charge in [0.2, 0.25) is 0 Å². The van der Waals surface area contributed by atoms with Crippen molar-refractivity contribution in [1.29, 1.82) is 0 Å². The number of likely N-dealkylation sites (tertiary alicyclic amines) is 1. The lowest BCUT2D eigenvalue weighted by molar-refractivity contribution is -0.177. The molecule has 1 aromatic rings. The van der Waals surface area contributed by atoms with Crippen molar-refractivity contribution in [3.63, 3.8) is 0 Å². The van der Waals surface area contributed by atoms with Crippen molar-refractivity contribution in [2.24, 2.45) is 22.7 Å². The molecule has 1 aliphatic heterocycles. The minimum absolute atomic E-state index is 0.0211. The number of aliphatic hydroxyl groups is 1. The molecule has 6 rings (SSSR count). The van der Waals surface area contributed by atoms with E-state index in [-0.39, 0.29) is 34.3 Å². The van der Waals surface area contributed by atoms with Crippen molar-refractivity contribution >= 4 is 6.09 Å². The number of allylic oxidation sites excluding steroid dienone is 1. The number of fused-ring (bicyclic) bond motifs is 5. The monoisotopic (exact) mass is 524 g/mol. The van der Waals surface area contributed by atoms with Crippen molar-refractivity contribution in [1.82, 2.24) is 9.80 Å². The summed E-state index contributed by atoms with van der Waals surface area (Å²) >= 11 is 0. The Morgan fingerprint density at radius 2 is 1.87 bits per heavy atom. The molecule has 3 saturated carbocycles. The molecule has 1 amide bonds. The number of nitrogens with zero attached hydrogens (tertiary/aromatic N) is 2. The molecule has 0 aromatic carbocycles. The van der Waals surface area contributed by atoms with Gasteiger partial charge in [0.05, 0.1) is 17.9 Å². The van der Waals surface area contributed by atoms with Gasteiger partial charge in [0.1, 0.15) is 0 Å². The normalized spacial score (nSPS) is 40.7. The van der Waals surface area contributed by atoms with Gasteiger partial charge in [-0.25, -0.2) is 9.59 Å². The average Bonchev–Trinajstić information content (AvgIpc) is 3.50. The van der Waals surface area contributed by atoms with Crippen LogP contribution in [0.1, 0.15) is 89.5 Å². The van der Waals surface area contributed by atoms with Gasteiger partial charge in [-0.15, -0.1) is 0 Å². The summed E-state index contributed by atoms with van der Waals surface area (Å²) in [4.78, 5) is 27.9. The minimum Gasteiger partial charge on any atom is -0.465 e. The third-order valence-corrected chi connectivity index (χ3v) is 11.9. The molecular weight excluding hydrogens is 480 g/mol. The topological polar surface area (TPSA) is 94.2 Å². The Labute approximate surface area is 225 Å². The quantitative estimate of drug-likeness (QED) is 0.511. The van der Waals surface area contributed by atoms with Crippen molar-refractivity contribution in [2.75, 3.05) is 26.2 Å².